The van der Waals surface area contributed by atoms with Gasteiger partial charge in [-0.05, 0) is 25.1 Å². The van der Waals surface area contributed by atoms with E-state index >= 15 is 0 Å². The van der Waals surface area contributed by atoms with Crippen molar-refractivity contribution in [3.8, 4) is 0 Å². The van der Waals surface area contributed by atoms with E-state index in [1.54, 1.807) is 0 Å². The number of nitrogens with one attached hydrogen (secondary N) is 1. The van der Waals surface area contributed by atoms with Crippen LogP contribution in [0, 0.1) is 0 Å². The topological polar surface area (TPSA) is 28.2 Å². The molecule has 0 bridgehead atoms. The second-order valence-corrected chi connectivity index (χ2v) is 4.67. The van der Waals surface area contributed by atoms with Crippen LogP contribution in [0.25, 0.3) is 0 Å². The Morgan fingerprint density at radius 2 is 1.89 bits per heavy atom. The van der Waals surface area contributed by atoms with E-state index in [-0.39, 0.29) is 0 Å². The highest BCUT2D eigenvalue weighted by Gasteiger charge is 2.07. The van der Waals surface area contributed by atoms with Gasteiger partial charge in [0.2, 0.25) is 0 Å². The number of pyridine rings is 1. The predicted molar refractivity (Wildman–Crippen MR) is 80.4 cm³/mol. The van der Waals surface area contributed by atoms with Gasteiger partial charge in [0.25, 0.3) is 0 Å². The van der Waals surface area contributed by atoms with Crippen molar-refractivity contribution in [3.63, 3.8) is 0 Å². The molecule has 2 rings (SSSR count). The van der Waals surface area contributed by atoms with Crippen LogP contribution in [0.4, 0.5) is 5.82 Å². The number of anilines is 1. The Bertz CT molecular complexity index is 496. The first-order valence-corrected chi connectivity index (χ1v) is 6.65. The Labute approximate surface area is 115 Å². The van der Waals surface area contributed by atoms with Gasteiger partial charge in [-0.15, -0.1) is 0 Å². The fourth-order valence-electron chi connectivity index (χ4n) is 2.15. The summed E-state index contributed by atoms with van der Waals surface area (Å²) in [6.45, 7) is 1.82. The van der Waals surface area contributed by atoms with E-state index in [4.69, 9.17) is 0 Å². The van der Waals surface area contributed by atoms with E-state index in [1.165, 1.54) is 11.1 Å². The molecule has 1 aromatic heterocycles. The van der Waals surface area contributed by atoms with E-state index in [0.717, 1.165) is 25.3 Å². The predicted octanol–water partition coefficient (Wildman–Crippen LogP) is 2.48. The molecule has 3 nitrogen and oxygen atoms in total. The third kappa shape index (κ3) is 3.80. The van der Waals surface area contributed by atoms with Gasteiger partial charge in [0.15, 0.2) is 0 Å². The molecule has 0 atom stereocenters. The second kappa shape index (κ2) is 6.90. The van der Waals surface area contributed by atoms with Crippen molar-refractivity contribution in [3.05, 3.63) is 59.8 Å². The Kier molecular flexibility index (Phi) is 4.93. The molecule has 1 heterocycles. The van der Waals surface area contributed by atoms with Crippen LogP contribution in [0.15, 0.2) is 48.7 Å². The Hall–Kier alpha value is -1.87. The minimum atomic E-state index is 0.846. The maximum Gasteiger partial charge on any atom is 0.132 e. The van der Waals surface area contributed by atoms with Crippen LogP contribution in [-0.4, -0.2) is 25.6 Å². The van der Waals surface area contributed by atoms with Crippen LogP contribution >= 0.6 is 0 Å². The van der Waals surface area contributed by atoms with E-state index in [2.05, 4.69) is 58.6 Å². The number of benzene rings is 1. The van der Waals surface area contributed by atoms with Crippen LogP contribution in [0.3, 0.4) is 0 Å². The highest BCUT2D eigenvalue weighted by molar-refractivity contribution is 5.46. The minimum Gasteiger partial charge on any atom is -0.359 e. The van der Waals surface area contributed by atoms with Crippen molar-refractivity contribution in [2.24, 2.45) is 0 Å². The lowest BCUT2D eigenvalue weighted by Gasteiger charge is -2.21. The van der Waals surface area contributed by atoms with Crippen molar-refractivity contribution in [2.45, 2.75) is 13.0 Å². The monoisotopic (exact) mass is 255 g/mol. The SMILES string of the molecule is CNCc1cccnc1N(C)CCc1ccccc1. The van der Waals surface area contributed by atoms with Gasteiger partial charge in [-0.25, -0.2) is 4.98 Å². The van der Waals surface area contributed by atoms with Gasteiger partial charge in [-0.2, -0.15) is 0 Å². The van der Waals surface area contributed by atoms with Crippen LogP contribution < -0.4 is 10.2 Å². The lowest BCUT2D eigenvalue weighted by atomic mass is 10.1. The molecule has 100 valence electrons. The summed E-state index contributed by atoms with van der Waals surface area (Å²) in [5, 5.41) is 3.19. The molecule has 0 aliphatic heterocycles. The summed E-state index contributed by atoms with van der Waals surface area (Å²) < 4.78 is 0. The van der Waals surface area contributed by atoms with Crippen LogP contribution in [-0.2, 0) is 13.0 Å². The quantitative estimate of drug-likeness (QED) is 0.859. The molecule has 0 aliphatic carbocycles. The fraction of sp³-hybridized carbons (Fsp3) is 0.312. The number of likely N-dealkylation sites (N-methyl/N-ethyl adjacent to an activating group) is 1. The molecule has 0 amide bonds. The lowest BCUT2D eigenvalue weighted by Crippen LogP contribution is -2.23. The first-order chi connectivity index (χ1) is 9.31. The zero-order chi connectivity index (χ0) is 13.5. The number of rotatable bonds is 6. The number of hydrogen-bond acceptors (Lipinski definition) is 3. The van der Waals surface area contributed by atoms with Gasteiger partial charge in [-0.3, -0.25) is 0 Å². The van der Waals surface area contributed by atoms with E-state index in [1.807, 2.05) is 19.3 Å². The molecule has 1 aromatic carbocycles. The van der Waals surface area contributed by atoms with Crippen molar-refractivity contribution >= 4 is 5.82 Å². The lowest BCUT2D eigenvalue weighted by molar-refractivity contribution is 0.791. The number of nitrogens with zero attached hydrogens (tertiary/aromatic N) is 2. The summed E-state index contributed by atoms with van der Waals surface area (Å²) in [4.78, 5) is 6.72. The fourth-order valence-corrected chi connectivity index (χ4v) is 2.15. The van der Waals surface area contributed by atoms with Crippen molar-refractivity contribution in [1.82, 2.24) is 10.3 Å². The third-order valence-corrected chi connectivity index (χ3v) is 3.18. The van der Waals surface area contributed by atoms with Crippen molar-refractivity contribution in [2.75, 3.05) is 25.5 Å². The molecule has 0 radical (unpaired) electrons. The molecule has 0 spiro atoms. The van der Waals surface area contributed by atoms with Gasteiger partial charge in [-0.1, -0.05) is 36.4 Å². The van der Waals surface area contributed by atoms with Gasteiger partial charge in [0.05, 0.1) is 0 Å². The third-order valence-electron chi connectivity index (χ3n) is 3.18. The highest BCUT2D eigenvalue weighted by Crippen LogP contribution is 2.16. The normalized spacial score (nSPS) is 10.4. The Balaban J connectivity index is 2.01. The number of hydrogen-bond donors (Lipinski definition) is 1. The van der Waals surface area contributed by atoms with E-state index in [9.17, 15) is 0 Å². The average Bonchev–Trinajstić information content (AvgIpc) is 2.47. The van der Waals surface area contributed by atoms with Crippen LogP contribution in [0.1, 0.15) is 11.1 Å². The molecule has 0 saturated heterocycles. The Morgan fingerprint density at radius 3 is 2.63 bits per heavy atom. The van der Waals surface area contributed by atoms with Crippen LogP contribution in [0.5, 0.6) is 0 Å². The van der Waals surface area contributed by atoms with Gasteiger partial charge < -0.3 is 10.2 Å². The van der Waals surface area contributed by atoms with E-state index < -0.39 is 0 Å². The largest absolute Gasteiger partial charge is 0.359 e. The molecule has 0 fully saturated rings. The van der Waals surface area contributed by atoms with Gasteiger partial charge >= 0.3 is 0 Å². The summed E-state index contributed by atoms with van der Waals surface area (Å²) in [6.07, 6.45) is 2.89. The van der Waals surface area contributed by atoms with Crippen molar-refractivity contribution in [1.29, 1.82) is 0 Å². The molecule has 0 aliphatic rings. The zero-order valence-corrected chi connectivity index (χ0v) is 11.6. The molecule has 0 unspecified atom stereocenters. The molecular weight excluding hydrogens is 234 g/mol. The summed E-state index contributed by atoms with van der Waals surface area (Å²) in [6, 6.07) is 14.7. The molecule has 0 saturated carbocycles. The minimum absolute atomic E-state index is 0.846. The van der Waals surface area contributed by atoms with Gasteiger partial charge in [0.1, 0.15) is 5.82 Å². The maximum atomic E-state index is 4.50. The Morgan fingerprint density at radius 1 is 1.11 bits per heavy atom. The second-order valence-electron chi connectivity index (χ2n) is 4.67. The first-order valence-electron chi connectivity index (χ1n) is 6.65. The highest BCUT2D eigenvalue weighted by atomic mass is 15.2. The first kappa shape index (κ1) is 13.6. The smallest absolute Gasteiger partial charge is 0.132 e. The zero-order valence-electron chi connectivity index (χ0n) is 11.6. The van der Waals surface area contributed by atoms with E-state index in [0.29, 0.717) is 0 Å². The number of aromatic nitrogens is 1. The molecule has 2 aromatic rings. The summed E-state index contributed by atoms with van der Waals surface area (Å²) in [7, 11) is 4.06. The molecular formula is C16H21N3. The maximum absolute atomic E-state index is 4.50. The van der Waals surface area contributed by atoms with Crippen molar-refractivity contribution < 1.29 is 0 Å². The van der Waals surface area contributed by atoms with Crippen LogP contribution in [0.2, 0.25) is 0 Å². The molecule has 19 heavy (non-hydrogen) atoms. The average molecular weight is 255 g/mol. The van der Waals surface area contributed by atoms with Gasteiger partial charge in [0, 0.05) is 31.9 Å². The standard InChI is InChI=1S/C16H21N3/c1-17-13-15-9-6-11-18-16(15)19(2)12-10-14-7-4-3-5-8-14/h3-9,11,17H,10,12-13H2,1-2H3. The molecule has 1 N–H and O–H groups in total. The summed E-state index contributed by atoms with van der Waals surface area (Å²) in [5.74, 6) is 1.06. The molecule has 3 heteroatoms. The summed E-state index contributed by atoms with van der Waals surface area (Å²) >= 11 is 0. The summed E-state index contributed by atoms with van der Waals surface area (Å²) in [5.41, 5.74) is 2.60.